The maximum Gasteiger partial charge on any atom is 0.257 e. The fraction of sp³-hybridized carbons (Fsp3) is 0.545. The molecule has 2 aliphatic rings. The molecule has 2 atom stereocenters. The van der Waals surface area contributed by atoms with Crippen LogP contribution >= 0.6 is 0 Å². The van der Waals surface area contributed by atoms with E-state index >= 15 is 0 Å². The van der Waals surface area contributed by atoms with Crippen LogP contribution in [0, 0.1) is 12.8 Å². The summed E-state index contributed by atoms with van der Waals surface area (Å²) in [4.78, 5) is 14.0. The van der Waals surface area contributed by atoms with Gasteiger partial charge in [0.15, 0.2) is 0 Å². The first kappa shape index (κ1) is 8.97. The van der Waals surface area contributed by atoms with Crippen LogP contribution in [0.25, 0.3) is 0 Å². The molecule has 0 radical (unpaired) electrons. The summed E-state index contributed by atoms with van der Waals surface area (Å²) < 4.78 is 5.15. The highest BCUT2D eigenvalue weighted by Crippen LogP contribution is 2.30. The van der Waals surface area contributed by atoms with Gasteiger partial charge in [0.2, 0.25) is 0 Å². The van der Waals surface area contributed by atoms with Gasteiger partial charge in [-0.1, -0.05) is 0 Å². The Morgan fingerprint density at radius 2 is 2.47 bits per heavy atom. The Bertz CT molecular complexity index is 399. The fourth-order valence-electron chi connectivity index (χ4n) is 2.52. The number of nitrogens with zero attached hydrogens (tertiary/aromatic N) is 1. The Kier molecular flexibility index (Phi) is 1.85. The summed E-state index contributed by atoms with van der Waals surface area (Å²) in [7, 11) is 0. The largest absolute Gasteiger partial charge is 0.469 e. The minimum atomic E-state index is 0.117. The lowest BCUT2D eigenvalue weighted by molar-refractivity contribution is 0.0326. The van der Waals surface area contributed by atoms with E-state index in [4.69, 9.17) is 4.42 Å². The summed E-state index contributed by atoms with van der Waals surface area (Å²) in [6.07, 6.45) is 1.58. The number of rotatable bonds is 1. The lowest BCUT2D eigenvalue weighted by atomic mass is 9.91. The van der Waals surface area contributed by atoms with Gasteiger partial charge < -0.3 is 14.6 Å². The second-order valence-corrected chi connectivity index (χ2v) is 4.33. The van der Waals surface area contributed by atoms with Crippen LogP contribution in [0.15, 0.2) is 16.7 Å². The van der Waals surface area contributed by atoms with E-state index in [1.807, 2.05) is 11.8 Å². The van der Waals surface area contributed by atoms with Crippen LogP contribution in [0.4, 0.5) is 0 Å². The molecule has 1 N–H and O–H groups in total. The van der Waals surface area contributed by atoms with Crippen molar-refractivity contribution in [3.8, 4) is 0 Å². The quantitative estimate of drug-likeness (QED) is 0.733. The molecule has 0 aliphatic carbocycles. The number of hydrogen-bond acceptors (Lipinski definition) is 3. The molecule has 3 heterocycles. The average molecular weight is 206 g/mol. The van der Waals surface area contributed by atoms with Crippen LogP contribution in [0.1, 0.15) is 16.1 Å². The number of nitrogens with one attached hydrogen (secondary N) is 1. The standard InChI is InChI=1S/C11H14N2O2/c1-7-9(2-3-15-7)11(14)13-6-8-4-12-5-10(8)13/h2-3,8,10,12H,4-6H2,1H3. The summed E-state index contributed by atoms with van der Waals surface area (Å²) in [5.41, 5.74) is 0.709. The topological polar surface area (TPSA) is 45.5 Å². The predicted molar refractivity (Wildman–Crippen MR) is 54.6 cm³/mol. The first-order valence-corrected chi connectivity index (χ1v) is 5.33. The maximum atomic E-state index is 12.1. The number of carbonyl (C=O) groups excluding carboxylic acids is 1. The van der Waals surface area contributed by atoms with Crippen LogP contribution in [0.5, 0.6) is 0 Å². The molecule has 2 aliphatic heterocycles. The normalized spacial score (nSPS) is 28.7. The molecule has 15 heavy (non-hydrogen) atoms. The molecule has 80 valence electrons. The fourth-order valence-corrected chi connectivity index (χ4v) is 2.52. The molecule has 2 fully saturated rings. The van der Waals surface area contributed by atoms with Gasteiger partial charge in [-0.05, 0) is 13.0 Å². The zero-order valence-corrected chi connectivity index (χ0v) is 8.69. The molecule has 4 nitrogen and oxygen atoms in total. The van der Waals surface area contributed by atoms with E-state index in [0.29, 0.717) is 17.5 Å². The number of fused-ring (bicyclic) bond motifs is 1. The summed E-state index contributed by atoms with van der Waals surface area (Å²) in [6, 6.07) is 2.17. The van der Waals surface area contributed by atoms with Gasteiger partial charge >= 0.3 is 0 Å². The van der Waals surface area contributed by atoms with Crippen LogP contribution in [0.2, 0.25) is 0 Å². The van der Waals surface area contributed by atoms with Crippen molar-refractivity contribution in [2.45, 2.75) is 13.0 Å². The van der Waals surface area contributed by atoms with Crippen LogP contribution in [-0.4, -0.2) is 36.5 Å². The summed E-state index contributed by atoms with van der Waals surface area (Å²) >= 11 is 0. The maximum absolute atomic E-state index is 12.1. The average Bonchev–Trinajstić information content (AvgIpc) is 2.74. The highest BCUT2D eigenvalue weighted by atomic mass is 16.3. The Hall–Kier alpha value is -1.29. The number of amides is 1. The van der Waals surface area contributed by atoms with Crippen molar-refractivity contribution in [2.24, 2.45) is 5.92 Å². The van der Waals surface area contributed by atoms with Crippen LogP contribution in [0.3, 0.4) is 0 Å². The lowest BCUT2D eigenvalue weighted by Gasteiger charge is -2.43. The Balaban J connectivity index is 1.79. The van der Waals surface area contributed by atoms with Gasteiger partial charge in [-0.15, -0.1) is 0 Å². The SMILES string of the molecule is Cc1occc1C(=O)N1CC2CNCC21. The van der Waals surface area contributed by atoms with Gasteiger partial charge in [-0.3, -0.25) is 4.79 Å². The smallest absolute Gasteiger partial charge is 0.257 e. The third-order valence-electron chi connectivity index (χ3n) is 3.49. The highest BCUT2D eigenvalue weighted by Gasteiger charge is 2.45. The highest BCUT2D eigenvalue weighted by molar-refractivity contribution is 5.95. The number of furan rings is 1. The van der Waals surface area contributed by atoms with Crippen LogP contribution < -0.4 is 5.32 Å². The summed E-state index contributed by atoms with van der Waals surface area (Å²) in [5, 5.41) is 3.31. The minimum absolute atomic E-state index is 0.117. The molecule has 4 heteroatoms. The van der Waals surface area contributed by atoms with Gasteiger partial charge in [-0.25, -0.2) is 0 Å². The van der Waals surface area contributed by atoms with Crippen molar-refractivity contribution in [1.82, 2.24) is 10.2 Å². The van der Waals surface area contributed by atoms with Crippen molar-refractivity contribution in [2.75, 3.05) is 19.6 Å². The Morgan fingerprint density at radius 3 is 3.13 bits per heavy atom. The molecule has 1 aromatic heterocycles. The number of carbonyl (C=O) groups is 1. The van der Waals surface area contributed by atoms with E-state index in [1.54, 1.807) is 12.3 Å². The van der Waals surface area contributed by atoms with E-state index in [2.05, 4.69) is 5.32 Å². The Morgan fingerprint density at radius 1 is 1.60 bits per heavy atom. The summed E-state index contributed by atoms with van der Waals surface area (Å²) in [5.74, 6) is 1.50. The lowest BCUT2D eigenvalue weighted by Crippen LogP contribution is -2.58. The Labute approximate surface area is 88.2 Å². The van der Waals surface area contributed by atoms with E-state index in [9.17, 15) is 4.79 Å². The van der Waals surface area contributed by atoms with Crippen LogP contribution in [-0.2, 0) is 0 Å². The van der Waals surface area contributed by atoms with Gasteiger partial charge in [0.1, 0.15) is 5.76 Å². The monoisotopic (exact) mass is 206 g/mol. The van der Waals surface area contributed by atoms with Crippen molar-refractivity contribution in [3.05, 3.63) is 23.7 Å². The third kappa shape index (κ3) is 1.21. The zero-order valence-electron chi connectivity index (χ0n) is 8.69. The molecule has 3 rings (SSSR count). The van der Waals surface area contributed by atoms with E-state index < -0.39 is 0 Å². The molecule has 2 saturated heterocycles. The van der Waals surface area contributed by atoms with Crippen molar-refractivity contribution < 1.29 is 9.21 Å². The summed E-state index contributed by atoms with van der Waals surface area (Å²) in [6.45, 7) is 4.71. The van der Waals surface area contributed by atoms with E-state index in [0.717, 1.165) is 25.4 Å². The molecule has 2 unspecified atom stereocenters. The van der Waals surface area contributed by atoms with Crippen molar-refractivity contribution >= 4 is 5.91 Å². The van der Waals surface area contributed by atoms with Gasteiger partial charge in [0, 0.05) is 25.6 Å². The second kappa shape index (κ2) is 3.10. The van der Waals surface area contributed by atoms with Gasteiger partial charge in [-0.2, -0.15) is 0 Å². The zero-order chi connectivity index (χ0) is 10.4. The first-order valence-electron chi connectivity index (χ1n) is 5.33. The first-order chi connectivity index (χ1) is 7.27. The third-order valence-corrected chi connectivity index (χ3v) is 3.49. The molecule has 1 amide bonds. The second-order valence-electron chi connectivity index (χ2n) is 4.33. The molecule has 0 saturated carbocycles. The molecular weight excluding hydrogens is 192 g/mol. The number of likely N-dealkylation sites (tertiary alicyclic amines) is 1. The van der Waals surface area contributed by atoms with E-state index in [1.165, 1.54) is 0 Å². The van der Waals surface area contributed by atoms with Gasteiger partial charge in [0.05, 0.1) is 17.9 Å². The number of aryl methyl sites for hydroxylation is 1. The van der Waals surface area contributed by atoms with Gasteiger partial charge in [0.25, 0.3) is 5.91 Å². The molecule has 0 spiro atoms. The predicted octanol–water partition coefficient (Wildman–Crippen LogP) is 0.632. The van der Waals surface area contributed by atoms with Crippen molar-refractivity contribution in [1.29, 1.82) is 0 Å². The molecule has 0 bridgehead atoms. The number of hydrogen-bond donors (Lipinski definition) is 1. The molecular formula is C11H14N2O2. The van der Waals surface area contributed by atoms with Crippen molar-refractivity contribution in [3.63, 3.8) is 0 Å². The molecule has 0 aromatic carbocycles. The minimum Gasteiger partial charge on any atom is -0.469 e. The van der Waals surface area contributed by atoms with E-state index in [-0.39, 0.29) is 5.91 Å². The molecule has 1 aromatic rings.